The normalized spacial score (nSPS) is 21.8. The predicted octanol–water partition coefficient (Wildman–Crippen LogP) is 3.14. The van der Waals surface area contributed by atoms with Gasteiger partial charge in [-0.15, -0.1) is 0 Å². The molecule has 0 saturated carbocycles. The molecule has 0 spiro atoms. The fraction of sp³-hybridized carbons (Fsp3) is 0.500. The zero-order chi connectivity index (χ0) is 18.0. The van der Waals surface area contributed by atoms with Crippen LogP contribution in [-0.4, -0.2) is 36.0 Å². The predicted molar refractivity (Wildman–Crippen MR) is 98.0 cm³/mol. The molecule has 2 atom stereocenters. The second-order valence-corrected chi connectivity index (χ2v) is 7.90. The van der Waals surface area contributed by atoms with E-state index in [-0.39, 0.29) is 23.6 Å². The van der Waals surface area contributed by atoms with E-state index in [9.17, 15) is 4.79 Å². The Kier molecular flexibility index (Phi) is 4.71. The molecule has 2 aliphatic rings. The number of fused-ring (bicyclic) bond motifs is 1. The molecule has 1 saturated heterocycles. The topological polar surface area (TPSA) is 53.9 Å². The third-order valence-electron chi connectivity index (χ3n) is 4.33. The van der Waals surface area contributed by atoms with E-state index < -0.39 is 0 Å². The molecular weight excluding hydrogens is 314 g/mol. The van der Waals surface area contributed by atoms with E-state index in [1.54, 1.807) is 4.90 Å². The van der Waals surface area contributed by atoms with Crippen molar-refractivity contribution >= 4 is 11.7 Å². The lowest BCUT2D eigenvalue weighted by molar-refractivity contribution is -0.00660. The van der Waals surface area contributed by atoms with Gasteiger partial charge in [0.1, 0.15) is 5.71 Å². The van der Waals surface area contributed by atoms with E-state index in [0.717, 1.165) is 17.7 Å². The summed E-state index contributed by atoms with van der Waals surface area (Å²) in [5.74, 6) is 6.35. The molecule has 5 nitrogen and oxygen atoms in total. The van der Waals surface area contributed by atoms with E-state index in [1.807, 2.05) is 31.2 Å². The van der Waals surface area contributed by atoms with Crippen molar-refractivity contribution in [2.75, 3.05) is 13.1 Å². The molecule has 5 heteroatoms. The fourth-order valence-electron chi connectivity index (χ4n) is 2.98. The van der Waals surface area contributed by atoms with Gasteiger partial charge in [0, 0.05) is 18.7 Å². The Hall–Kier alpha value is -2.48. The number of benzene rings is 1. The summed E-state index contributed by atoms with van der Waals surface area (Å²) >= 11 is 0. The first kappa shape index (κ1) is 17.3. The average molecular weight is 339 g/mol. The van der Waals surface area contributed by atoms with Crippen molar-refractivity contribution in [1.82, 2.24) is 10.2 Å². The number of urea groups is 1. The summed E-state index contributed by atoms with van der Waals surface area (Å²) in [5, 5.41) is 7.10. The number of rotatable bonds is 1. The quantitative estimate of drug-likeness (QED) is 0.799. The van der Waals surface area contributed by atoms with Gasteiger partial charge < -0.3 is 10.2 Å². The highest BCUT2D eigenvalue weighted by Crippen LogP contribution is 2.31. The molecular formula is C20H25N3O2. The Balaban J connectivity index is 1.63. The Morgan fingerprint density at radius 3 is 2.92 bits per heavy atom. The maximum absolute atomic E-state index is 12.4. The number of nitrogens with one attached hydrogen (secondary N) is 1. The smallest absolute Gasteiger partial charge is 0.320 e. The Morgan fingerprint density at radius 1 is 1.40 bits per heavy atom. The van der Waals surface area contributed by atoms with Crippen molar-refractivity contribution in [2.45, 2.75) is 40.3 Å². The molecule has 2 amide bonds. The molecule has 0 aliphatic carbocycles. The van der Waals surface area contributed by atoms with Crippen molar-refractivity contribution in [1.29, 1.82) is 0 Å². The van der Waals surface area contributed by atoms with Crippen LogP contribution in [0.1, 0.15) is 38.3 Å². The van der Waals surface area contributed by atoms with Crippen LogP contribution in [0.3, 0.4) is 0 Å². The van der Waals surface area contributed by atoms with Gasteiger partial charge in [-0.1, -0.05) is 44.0 Å². The zero-order valence-electron chi connectivity index (χ0n) is 15.3. The minimum absolute atomic E-state index is 0.0479. The highest BCUT2D eigenvalue weighted by molar-refractivity contribution is 6.03. The van der Waals surface area contributed by atoms with Crippen LogP contribution >= 0.6 is 0 Å². The number of aryl methyl sites for hydroxylation is 1. The molecule has 0 bridgehead atoms. The third kappa shape index (κ3) is 4.14. The average Bonchev–Trinajstić information content (AvgIpc) is 3.12. The molecule has 25 heavy (non-hydrogen) atoms. The first-order valence-electron chi connectivity index (χ1n) is 8.70. The van der Waals surface area contributed by atoms with Gasteiger partial charge in [-0.25, -0.2) is 4.79 Å². The number of likely N-dealkylation sites (tertiary alicyclic amines) is 1. The first-order chi connectivity index (χ1) is 11.8. The summed E-state index contributed by atoms with van der Waals surface area (Å²) in [5.41, 5.74) is 2.92. The number of hydrogen-bond donors (Lipinski definition) is 1. The molecule has 0 aromatic heterocycles. The number of oxime groups is 1. The van der Waals surface area contributed by atoms with Gasteiger partial charge in [-0.3, -0.25) is 4.90 Å². The van der Waals surface area contributed by atoms with Gasteiger partial charge in [0.15, 0.2) is 0 Å². The van der Waals surface area contributed by atoms with Gasteiger partial charge in [-0.05, 0) is 42.4 Å². The summed E-state index contributed by atoms with van der Waals surface area (Å²) in [4.78, 5) is 19.6. The van der Waals surface area contributed by atoms with Crippen LogP contribution in [0, 0.1) is 30.1 Å². The molecule has 2 heterocycles. The van der Waals surface area contributed by atoms with E-state index in [1.165, 1.54) is 5.56 Å². The van der Waals surface area contributed by atoms with Gasteiger partial charge >= 0.3 is 6.03 Å². The van der Waals surface area contributed by atoms with Gasteiger partial charge in [0.2, 0.25) is 6.23 Å². The Labute approximate surface area is 149 Å². The number of carbonyl (C=O) groups excluding carboxylic acids is 1. The number of hydrogen-bond acceptors (Lipinski definition) is 3. The summed E-state index contributed by atoms with van der Waals surface area (Å²) in [6.07, 6.45) is 0.497. The molecule has 1 N–H and O–H groups in total. The maximum atomic E-state index is 12.4. The molecule has 132 valence electrons. The molecule has 2 aliphatic heterocycles. The van der Waals surface area contributed by atoms with Gasteiger partial charge in [-0.2, -0.15) is 0 Å². The van der Waals surface area contributed by atoms with Crippen molar-refractivity contribution in [3.05, 3.63) is 35.4 Å². The maximum Gasteiger partial charge on any atom is 0.320 e. The van der Waals surface area contributed by atoms with E-state index in [2.05, 4.69) is 43.1 Å². The monoisotopic (exact) mass is 339 g/mol. The third-order valence-corrected chi connectivity index (χ3v) is 4.33. The fourth-order valence-corrected chi connectivity index (χ4v) is 2.98. The zero-order valence-corrected chi connectivity index (χ0v) is 15.3. The number of nitrogens with zero attached hydrogens (tertiary/aromatic N) is 2. The van der Waals surface area contributed by atoms with Crippen LogP contribution in [0.25, 0.3) is 0 Å². The van der Waals surface area contributed by atoms with Crippen LogP contribution in [0.15, 0.2) is 29.4 Å². The van der Waals surface area contributed by atoms with Crippen molar-refractivity contribution in [2.24, 2.45) is 16.5 Å². The molecule has 0 radical (unpaired) electrons. The van der Waals surface area contributed by atoms with E-state index >= 15 is 0 Å². The lowest BCUT2D eigenvalue weighted by Crippen LogP contribution is -2.46. The summed E-state index contributed by atoms with van der Waals surface area (Å²) in [6, 6.07) is 7.97. The first-order valence-corrected chi connectivity index (χ1v) is 8.70. The van der Waals surface area contributed by atoms with Crippen LogP contribution in [0.5, 0.6) is 0 Å². The lowest BCUT2D eigenvalue weighted by Gasteiger charge is -2.25. The van der Waals surface area contributed by atoms with Crippen LogP contribution in [-0.2, 0) is 4.84 Å². The molecule has 3 rings (SSSR count). The van der Waals surface area contributed by atoms with Crippen LogP contribution in [0.4, 0.5) is 4.79 Å². The SMILES string of the molecule is Cc1cccc(C#CC2=NOC3C2CCN3C(=O)NCC(C)(C)C)c1. The molecule has 2 unspecified atom stereocenters. The minimum atomic E-state index is -0.332. The Morgan fingerprint density at radius 2 is 2.20 bits per heavy atom. The standard InChI is InChI=1S/C20H25N3O2/c1-14-6-5-7-15(12-14)8-9-17-16-10-11-23(18(16)25-22-17)19(24)21-13-20(2,3)4/h5-7,12,16,18H,10-11,13H2,1-4H3,(H,21,24). The summed E-state index contributed by atoms with van der Waals surface area (Å²) in [7, 11) is 0. The van der Waals surface area contributed by atoms with Crippen molar-refractivity contribution in [3.63, 3.8) is 0 Å². The highest BCUT2D eigenvalue weighted by atomic mass is 16.7. The highest BCUT2D eigenvalue weighted by Gasteiger charge is 2.45. The van der Waals surface area contributed by atoms with E-state index in [0.29, 0.717) is 13.1 Å². The van der Waals surface area contributed by atoms with Crippen LogP contribution < -0.4 is 5.32 Å². The summed E-state index contributed by atoms with van der Waals surface area (Å²) in [6.45, 7) is 9.61. The largest absolute Gasteiger partial charge is 0.369 e. The van der Waals surface area contributed by atoms with E-state index in [4.69, 9.17) is 4.84 Å². The van der Waals surface area contributed by atoms with Crippen LogP contribution in [0.2, 0.25) is 0 Å². The van der Waals surface area contributed by atoms with Crippen molar-refractivity contribution in [3.8, 4) is 11.8 Å². The van der Waals surface area contributed by atoms with Gasteiger partial charge in [0.25, 0.3) is 0 Å². The summed E-state index contributed by atoms with van der Waals surface area (Å²) < 4.78 is 0. The molecule has 1 aromatic carbocycles. The number of carbonyl (C=O) groups is 1. The second-order valence-electron chi connectivity index (χ2n) is 7.90. The Bertz CT molecular complexity index is 752. The minimum Gasteiger partial charge on any atom is -0.369 e. The van der Waals surface area contributed by atoms with Crippen molar-refractivity contribution < 1.29 is 9.63 Å². The lowest BCUT2D eigenvalue weighted by atomic mass is 9.97. The van der Waals surface area contributed by atoms with Gasteiger partial charge in [0.05, 0.1) is 5.92 Å². The number of amides is 2. The second kappa shape index (κ2) is 6.79. The molecule has 1 aromatic rings. The molecule has 1 fully saturated rings.